The topological polar surface area (TPSA) is 72.8 Å². The number of carbonyl (C=O) groups is 2. The zero-order chi connectivity index (χ0) is 22.9. The number of hydrogen-bond acceptors (Lipinski definition) is 5. The number of ether oxygens (including phenoxy) is 1. The van der Waals surface area contributed by atoms with Gasteiger partial charge in [-0.2, -0.15) is 0 Å². The lowest BCUT2D eigenvalue weighted by Crippen LogP contribution is -2.44. The summed E-state index contributed by atoms with van der Waals surface area (Å²) in [7, 11) is -2.23. The minimum atomic E-state index is -2.23. The molecular weight excluding hydrogens is 396 g/mol. The molecule has 0 saturated heterocycles. The van der Waals surface area contributed by atoms with E-state index in [1.807, 2.05) is 30.3 Å². The molecule has 5 nitrogen and oxygen atoms in total. The number of hydrogen-bond donors (Lipinski definition) is 1. The van der Waals surface area contributed by atoms with E-state index in [-0.39, 0.29) is 23.8 Å². The monoisotopic (exact) mass is 432 g/mol. The number of Topliss-reactive ketones (excluding diaryl/α,β-unsaturated/α-hetero) is 1. The van der Waals surface area contributed by atoms with Crippen LogP contribution in [0.15, 0.2) is 55.1 Å². The molecule has 0 bridgehead atoms. The molecular formula is C24H36O5Si. The first-order chi connectivity index (χ1) is 13.9. The van der Waals surface area contributed by atoms with Crippen molar-refractivity contribution in [3.05, 3.63) is 60.7 Å². The molecule has 0 aliphatic rings. The molecule has 0 aromatic heterocycles. The number of benzene rings is 1. The van der Waals surface area contributed by atoms with Gasteiger partial charge in [0.25, 0.3) is 0 Å². The second-order valence-electron chi connectivity index (χ2n) is 8.98. The molecule has 3 atom stereocenters. The predicted octanol–water partition coefficient (Wildman–Crippen LogP) is 4.99. The molecule has 0 radical (unpaired) electrons. The summed E-state index contributed by atoms with van der Waals surface area (Å²) in [5.74, 6) is -1.33. The third kappa shape index (κ3) is 7.67. The van der Waals surface area contributed by atoms with Crippen molar-refractivity contribution in [2.75, 3.05) is 6.61 Å². The van der Waals surface area contributed by atoms with Crippen LogP contribution in [0.25, 0.3) is 0 Å². The van der Waals surface area contributed by atoms with E-state index in [1.54, 1.807) is 6.92 Å². The van der Waals surface area contributed by atoms with Crippen LogP contribution in [-0.2, 0) is 18.8 Å². The first-order valence-electron chi connectivity index (χ1n) is 10.3. The first-order valence-corrected chi connectivity index (χ1v) is 13.2. The van der Waals surface area contributed by atoms with Crippen LogP contribution in [0.3, 0.4) is 0 Å². The molecule has 0 aliphatic carbocycles. The van der Waals surface area contributed by atoms with Crippen molar-refractivity contribution in [1.29, 1.82) is 0 Å². The molecule has 1 N–H and O–H groups in total. The second kappa shape index (κ2) is 11.4. The van der Waals surface area contributed by atoms with E-state index in [2.05, 4.69) is 40.4 Å². The summed E-state index contributed by atoms with van der Waals surface area (Å²) in [4.78, 5) is 24.8. The summed E-state index contributed by atoms with van der Waals surface area (Å²) in [6.45, 7) is 15.9. The van der Waals surface area contributed by atoms with Crippen molar-refractivity contribution in [1.82, 2.24) is 0 Å². The summed E-state index contributed by atoms with van der Waals surface area (Å²) in [6.07, 6.45) is 2.75. The highest BCUT2D eigenvalue weighted by Crippen LogP contribution is 2.40. The SMILES string of the molecule is C=CCOC(=O)/C=C/C[C@@H](O)[C@H](C)C(=O)[C@H](O[Si](C)(C)C(C)(C)C)c1ccccc1. The summed E-state index contributed by atoms with van der Waals surface area (Å²) < 4.78 is 11.3. The zero-order valence-corrected chi connectivity index (χ0v) is 20.1. The number of aliphatic hydroxyl groups is 1. The summed E-state index contributed by atoms with van der Waals surface area (Å²) in [5.41, 5.74) is 0.787. The Morgan fingerprint density at radius 2 is 1.80 bits per heavy atom. The standard InChI is InChI=1S/C24H36O5Si/c1-8-17-28-21(26)16-12-15-20(25)18(2)22(27)23(19-13-10-9-11-14-19)29-30(6,7)24(3,4)5/h8-14,16,18,20,23,25H,1,15,17H2,2-7H3/b16-12+/t18-,20+,23+/m0/s1. The molecule has 30 heavy (non-hydrogen) atoms. The van der Waals surface area contributed by atoms with Crippen molar-refractivity contribution in [3.63, 3.8) is 0 Å². The third-order valence-electron chi connectivity index (χ3n) is 5.58. The minimum absolute atomic E-state index is 0.0588. The highest BCUT2D eigenvalue weighted by Gasteiger charge is 2.42. The Morgan fingerprint density at radius 1 is 1.20 bits per heavy atom. The molecule has 6 heteroatoms. The molecule has 0 fully saturated rings. The van der Waals surface area contributed by atoms with Gasteiger partial charge in [0.05, 0.1) is 6.10 Å². The largest absolute Gasteiger partial charge is 0.458 e. The van der Waals surface area contributed by atoms with Gasteiger partial charge in [-0.25, -0.2) is 4.79 Å². The van der Waals surface area contributed by atoms with Gasteiger partial charge in [0.1, 0.15) is 12.7 Å². The van der Waals surface area contributed by atoms with Gasteiger partial charge in [0.2, 0.25) is 0 Å². The lowest BCUT2D eigenvalue weighted by atomic mass is 9.91. The van der Waals surface area contributed by atoms with Gasteiger partial charge in [-0.3, -0.25) is 4.79 Å². The molecule has 1 aromatic carbocycles. The Bertz CT molecular complexity index is 734. The molecule has 0 spiro atoms. The summed E-state index contributed by atoms with van der Waals surface area (Å²) in [5, 5.41) is 10.5. The van der Waals surface area contributed by atoms with E-state index in [1.165, 1.54) is 18.2 Å². The summed E-state index contributed by atoms with van der Waals surface area (Å²) >= 11 is 0. The second-order valence-corrected chi connectivity index (χ2v) is 13.7. The number of aliphatic hydroxyl groups excluding tert-OH is 1. The normalized spacial score (nSPS) is 15.4. The van der Waals surface area contributed by atoms with Crippen molar-refractivity contribution < 1.29 is 23.9 Å². The Morgan fingerprint density at radius 3 is 2.33 bits per heavy atom. The predicted molar refractivity (Wildman–Crippen MR) is 123 cm³/mol. The van der Waals surface area contributed by atoms with E-state index in [0.717, 1.165) is 5.56 Å². The van der Waals surface area contributed by atoms with E-state index in [0.29, 0.717) is 0 Å². The lowest BCUT2D eigenvalue weighted by Gasteiger charge is -2.39. The zero-order valence-electron chi connectivity index (χ0n) is 19.1. The highest BCUT2D eigenvalue weighted by molar-refractivity contribution is 6.74. The fraction of sp³-hybridized carbons (Fsp3) is 0.500. The van der Waals surface area contributed by atoms with Gasteiger partial charge < -0.3 is 14.3 Å². The molecule has 1 rings (SSSR count). The third-order valence-corrected chi connectivity index (χ3v) is 10.0. The first kappa shape index (κ1) is 26.0. The van der Waals surface area contributed by atoms with Gasteiger partial charge >= 0.3 is 5.97 Å². The van der Waals surface area contributed by atoms with E-state index < -0.39 is 32.4 Å². The van der Waals surface area contributed by atoms with Crippen molar-refractivity contribution in [2.24, 2.45) is 5.92 Å². The lowest BCUT2D eigenvalue weighted by molar-refractivity contribution is -0.136. The van der Waals surface area contributed by atoms with Crippen LogP contribution >= 0.6 is 0 Å². The maximum Gasteiger partial charge on any atom is 0.330 e. The average Bonchev–Trinajstić information content (AvgIpc) is 2.69. The fourth-order valence-corrected chi connectivity index (χ4v) is 3.71. The summed E-state index contributed by atoms with van der Waals surface area (Å²) in [6, 6.07) is 9.41. The van der Waals surface area contributed by atoms with Crippen LogP contribution in [0, 0.1) is 5.92 Å². The highest BCUT2D eigenvalue weighted by atomic mass is 28.4. The van der Waals surface area contributed by atoms with Crippen LogP contribution < -0.4 is 0 Å². The maximum atomic E-state index is 13.3. The molecule has 0 heterocycles. The van der Waals surface area contributed by atoms with Crippen molar-refractivity contribution >= 4 is 20.1 Å². The van der Waals surface area contributed by atoms with Gasteiger partial charge in [0.15, 0.2) is 14.1 Å². The van der Waals surface area contributed by atoms with Crippen LogP contribution in [0.4, 0.5) is 0 Å². The molecule has 1 aromatic rings. The van der Waals surface area contributed by atoms with Crippen molar-refractivity contribution in [2.45, 2.75) is 64.5 Å². The van der Waals surface area contributed by atoms with Crippen LogP contribution in [0.1, 0.15) is 45.8 Å². The molecule has 166 valence electrons. The molecule has 0 aliphatic heterocycles. The van der Waals surface area contributed by atoms with E-state index in [9.17, 15) is 14.7 Å². The van der Waals surface area contributed by atoms with Crippen LogP contribution in [0.2, 0.25) is 18.1 Å². The number of ketones is 1. The minimum Gasteiger partial charge on any atom is -0.458 e. The average molecular weight is 433 g/mol. The Balaban J connectivity index is 2.96. The Hall–Kier alpha value is -2.02. The maximum absolute atomic E-state index is 13.3. The van der Waals surface area contributed by atoms with E-state index >= 15 is 0 Å². The fourth-order valence-electron chi connectivity index (χ4n) is 2.51. The van der Waals surface area contributed by atoms with E-state index in [4.69, 9.17) is 9.16 Å². The number of esters is 1. The molecule has 0 unspecified atom stereocenters. The number of rotatable bonds is 11. The van der Waals surface area contributed by atoms with Crippen LogP contribution in [-0.4, -0.2) is 37.9 Å². The smallest absolute Gasteiger partial charge is 0.330 e. The van der Waals surface area contributed by atoms with Gasteiger partial charge in [-0.05, 0) is 30.1 Å². The Kier molecular flexibility index (Phi) is 9.88. The molecule has 0 amide bonds. The number of carbonyl (C=O) groups excluding carboxylic acids is 2. The van der Waals surface area contributed by atoms with Gasteiger partial charge in [0, 0.05) is 12.0 Å². The van der Waals surface area contributed by atoms with Gasteiger partial charge in [-0.1, -0.05) is 76.8 Å². The van der Waals surface area contributed by atoms with Crippen LogP contribution in [0.5, 0.6) is 0 Å². The van der Waals surface area contributed by atoms with Gasteiger partial charge in [-0.15, -0.1) is 0 Å². The van der Waals surface area contributed by atoms with Crippen molar-refractivity contribution in [3.8, 4) is 0 Å². The Labute approximate surface area is 181 Å². The molecule has 0 saturated carbocycles. The quantitative estimate of drug-likeness (QED) is 0.231.